The predicted molar refractivity (Wildman–Crippen MR) is 229 cm³/mol. The van der Waals surface area contributed by atoms with Crippen LogP contribution in [0.4, 0.5) is 39.8 Å². The number of anilines is 6. The van der Waals surface area contributed by atoms with Crippen molar-refractivity contribution < 1.29 is 9.90 Å². The van der Waals surface area contributed by atoms with Gasteiger partial charge in [-0.15, -0.1) is 0 Å². The molecule has 5 aromatic carbocycles. The Morgan fingerprint density at radius 3 is 1.62 bits per heavy atom. The summed E-state index contributed by atoms with van der Waals surface area (Å²) in [6.45, 7) is 8.80. The van der Waals surface area contributed by atoms with E-state index in [4.69, 9.17) is 15.6 Å². The van der Waals surface area contributed by atoms with E-state index in [-0.39, 0.29) is 6.47 Å². The van der Waals surface area contributed by atoms with Gasteiger partial charge in [0.25, 0.3) is 6.47 Å². The number of benzene rings is 5. The Labute approximate surface area is 329 Å². The van der Waals surface area contributed by atoms with E-state index in [2.05, 4.69) is 165 Å². The highest BCUT2D eigenvalue weighted by Crippen LogP contribution is 2.31. The summed E-state index contributed by atoms with van der Waals surface area (Å²) in [4.78, 5) is 22.6. The maximum Gasteiger partial charge on any atom is 0.290 e. The van der Waals surface area contributed by atoms with Gasteiger partial charge < -0.3 is 35.8 Å². The zero-order chi connectivity index (χ0) is 37.0. The van der Waals surface area contributed by atoms with Crippen LogP contribution in [-0.4, -0.2) is 70.2 Å². The monoisotopic (exact) mass is 837 g/mol. The number of nitrogen functional groups attached to an aromatic ring is 1. The van der Waals surface area contributed by atoms with Crippen LogP contribution in [0.1, 0.15) is 11.1 Å². The lowest BCUT2D eigenvalue weighted by molar-refractivity contribution is -0.122. The lowest BCUT2D eigenvalue weighted by Crippen LogP contribution is -2.46. The van der Waals surface area contributed by atoms with Crippen molar-refractivity contribution >= 4 is 84.4 Å². The molecule has 0 bridgehead atoms. The second kappa shape index (κ2) is 18.7. The number of halogens is 2. The molecule has 0 radical (unpaired) electrons. The number of carbonyl (C=O) groups is 1. The third-order valence-electron chi connectivity index (χ3n) is 9.64. The zero-order valence-electron chi connectivity index (χ0n) is 29.6. The van der Waals surface area contributed by atoms with Gasteiger partial charge in [0, 0.05) is 103 Å². The number of hydrogen-bond acceptors (Lipinski definition) is 8. The molecule has 9 nitrogen and oxygen atoms in total. The smallest absolute Gasteiger partial charge is 0.290 e. The van der Waals surface area contributed by atoms with E-state index < -0.39 is 0 Å². The molecule has 3 heterocycles. The van der Waals surface area contributed by atoms with E-state index in [9.17, 15) is 0 Å². The van der Waals surface area contributed by atoms with E-state index in [0.717, 1.165) is 91.3 Å². The molecule has 0 atom stereocenters. The number of hydrogen-bond donors (Lipinski definition) is 3. The molecular weight excluding hydrogens is 794 g/mol. The second-order valence-electron chi connectivity index (χ2n) is 12.9. The zero-order valence-corrected chi connectivity index (χ0v) is 32.8. The number of nitrogens with two attached hydrogens (primary N) is 1. The van der Waals surface area contributed by atoms with Crippen LogP contribution in [-0.2, 0) is 17.8 Å². The van der Waals surface area contributed by atoms with Crippen LogP contribution < -0.4 is 30.7 Å². The number of nitrogens with zero attached hydrogens (tertiary/aromatic N) is 5. The van der Waals surface area contributed by atoms with Crippen molar-refractivity contribution in [3.63, 3.8) is 0 Å². The third-order valence-corrected chi connectivity index (χ3v) is 10.7. The molecule has 0 spiro atoms. The van der Waals surface area contributed by atoms with Gasteiger partial charge in [0.2, 0.25) is 0 Å². The summed E-state index contributed by atoms with van der Waals surface area (Å²) < 4.78 is 2.25. The van der Waals surface area contributed by atoms with E-state index in [1.165, 1.54) is 33.9 Å². The lowest BCUT2D eigenvalue weighted by atomic mass is 10.1. The fraction of sp³-hybridized carbons (Fsp3) is 0.238. The van der Waals surface area contributed by atoms with Crippen molar-refractivity contribution in [3.05, 3.63) is 135 Å². The molecule has 8 rings (SSSR count). The molecule has 274 valence electrons. The number of aliphatic imine (C=N–C) groups is 1. The first-order chi connectivity index (χ1) is 25.9. The molecule has 2 fully saturated rings. The molecule has 3 aliphatic heterocycles. The van der Waals surface area contributed by atoms with Gasteiger partial charge in [-0.1, -0.05) is 62.2 Å². The fourth-order valence-corrected chi connectivity index (χ4v) is 7.27. The van der Waals surface area contributed by atoms with E-state index in [1.54, 1.807) is 0 Å². The van der Waals surface area contributed by atoms with Gasteiger partial charge >= 0.3 is 0 Å². The Bertz CT molecular complexity index is 1940. The molecule has 0 saturated carbocycles. The summed E-state index contributed by atoms with van der Waals surface area (Å²) in [6, 6.07) is 40.5. The summed E-state index contributed by atoms with van der Waals surface area (Å²) in [5.41, 5.74) is 16.9. The second-order valence-corrected chi connectivity index (χ2v) is 14.8. The summed E-state index contributed by atoms with van der Waals surface area (Å²) >= 11 is 7.00. The molecule has 0 aromatic heterocycles. The van der Waals surface area contributed by atoms with Crippen LogP contribution in [0.3, 0.4) is 0 Å². The molecule has 5 aromatic rings. The summed E-state index contributed by atoms with van der Waals surface area (Å²) in [6.07, 6.45) is 2.97. The van der Waals surface area contributed by atoms with Crippen LogP contribution in [0.2, 0.25) is 0 Å². The average Bonchev–Trinajstić information content (AvgIpc) is 3.68. The largest absolute Gasteiger partial charge is 0.483 e. The highest BCUT2D eigenvalue weighted by Gasteiger charge is 2.20. The average molecular weight is 840 g/mol. The molecule has 2 saturated heterocycles. The van der Waals surface area contributed by atoms with Gasteiger partial charge in [0.15, 0.2) is 0 Å². The van der Waals surface area contributed by atoms with Crippen molar-refractivity contribution in [1.82, 2.24) is 0 Å². The van der Waals surface area contributed by atoms with Gasteiger partial charge in [-0.05, 0) is 96.1 Å². The summed E-state index contributed by atoms with van der Waals surface area (Å²) in [5, 5.41) is 10.4. The maximum atomic E-state index is 8.36. The Kier molecular flexibility index (Phi) is 13.3. The van der Waals surface area contributed by atoms with Crippen molar-refractivity contribution in [3.8, 4) is 0 Å². The van der Waals surface area contributed by atoms with Gasteiger partial charge in [0.05, 0.1) is 17.1 Å². The Morgan fingerprint density at radius 2 is 1.09 bits per heavy atom. The Hall–Kier alpha value is -5.00. The van der Waals surface area contributed by atoms with Crippen LogP contribution >= 0.6 is 31.9 Å². The third kappa shape index (κ3) is 10.3. The minimum absolute atomic E-state index is 0.250. The van der Waals surface area contributed by atoms with Crippen molar-refractivity contribution in [2.45, 2.75) is 13.0 Å². The molecule has 0 amide bonds. The summed E-state index contributed by atoms with van der Waals surface area (Å²) in [5.74, 6) is 0. The van der Waals surface area contributed by atoms with Crippen LogP contribution in [0, 0.1) is 0 Å². The molecule has 4 N–H and O–H groups in total. The van der Waals surface area contributed by atoms with Crippen LogP contribution in [0.15, 0.2) is 129 Å². The normalized spacial score (nSPS) is 14.8. The van der Waals surface area contributed by atoms with Gasteiger partial charge in [-0.25, -0.2) is 0 Å². The first kappa shape index (κ1) is 37.7. The van der Waals surface area contributed by atoms with Gasteiger partial charge in [-0.3, -0.25) is 9.79 Å². The van der Waals surface area contributed by atoms with Crippen molar-refractivity contribution in [2.24, 2.45) is 4.99 Å². The predicted octanol–water partition coefficient (Wildman–Crippen LogP) is 8.70. The van der Waals surface area contributed by atoms with Crippen molar-refractivity contribution in [2.75, 3.05) is 83.0 Å². The molecule has 3 aliphatic rings. The fourth-order valence-electron chi connectivity index (χ4n) is 6.74. The van der Waals surface area contributed by atoms with E-state index >= 15 is 0 Å². The van der Waals surface area contributed by atoms with Gasteiger partial charge in [-0.2, -0.15) is 0 Å². The van der Waals surface area contributed by atoms with E-state index in [1.807, 2.05) is 18.3 Å². The molecule has 0 aliphatic carbocycles. The maximum absolute atomic E-state index is 8.36. The molecular formula is C42H45Br2N7O2. The molecule has 0 unspecified atom stereocenters. The van der Waals surface area contributed by atoms with Crippen LogP contribution in [0.5, 0.6) is 0 Å². The minimum atomic E-state index is -0.250. The SMILES string of the molecule is Brc1ccc(N2CCN(c3ccc4c(c3)CC=N4)CC2)cc1.Nc1ccc(N2CCN(c3ccc(Br)cc3)CC2)cc1NCc1ccccc1.O=CO. The first-order valence-electron chi connectivity index (χ1n) is 17.8. The lowest BCUT2D eigenvalue weighted by Gasteiger charge is -2.37. The number of piperazine rings is 2. The van der Waals surface area contributed by atoms with Gasteiger partial charge in [0.1, 0.15) is 0 Å². The van der Waals surface area contributed by atoms with Crippen molar-refractivity contribution in [1.29, 1.82) is 0 Å². The first-order valence-corrected chi connectivity index (χ1v) is 19.4. The standard InChI is InChI=1S/C23H25BrN4.C18H18BrN3.CH2O2/c24-19-6-8-20(9-7-19)27-12-14-28(15-13-27)21-10-11-22(25)23(16-21)26-17-18-4-2-1-3-5-18;19-15-1-3-16(4-2-15)21-9-11-22(12-10-21)17-5-6-18-14(13-17)7-8-20-18;2-1-3/h1-11,16,26H,12-15,17,25H2;1-6,8,13H,7,9-12H2;1H,(H,2,3). The number of fused-ring (bicyclic) bond motifs is 1. The quantitative estimate of drug-likeness (QED) is 0.111. The minimum Gasteiger partial charge on any atom is -0.483 e. The van der Waals surface area contributed by atoms with E-state index in [0.29, 0.717) is 0 Å². The highest BCUT2D eigenvalue weighted by atomic mass is 79.9. The molecule has 53 heavy (non-hydrogen) atoms. The number of nitrogens with one attached hydrogen (secondary N) is 1. The number of rotatable bonds is 7. The highest BCUT2D eigenvalue weighted by molar-refractivity contribution is 9.10. The summed E-state index contributed by atoms with van der Waals surface area (Å²) in [7, 11) is 0. The molecule has 11 heteroatoms. The Balaban J connectivity index is 0.000000173. The Morgan fingerprint density at radius 1 is 0.642 bits per heavy atom. The van der Waals surface area contributed by atoms with Crippen LogP contribution in [0.25, 0.3) is 0 Å². The topological polar surface area (TPSA) is 101 Å². The number of carboxylic acid groups (broad SMARTS) is 1.